The van der Waals surface area contributed by atoms with E-state index in [1.807, 2.05) is 0 Å². The van der Waals surface area contributed by atoms with E-state index in [4.69, 9.17) is 30.1 Å². The molecule has 0 bridgehead atoms. The van der Waals surface area contributed by atoms with Gasteiger partial charge in [0.15, 0.2) is 0 Å². The Morgan fingerprint density at radius 2 is 1.00 bits per heavy atom. The topological polar surface area (TPSA) is 0 Å². The minimum atomic E-state index is -1.72. The molecule has 6 heteroatoms. The molecule has 0 heterocycles. The van der Waals surface area contributed by atoms with Gasteiger partial charge < -0.3 is 0 Å². The van der Waals surface area contributed by atoms with Crippen LogP contribution >= 0.6 is 42.6 Å². The first-order valence-corrected chi connectivity index (χ1v) is 5.89. The number of hydrogen-bond acceptors (Lipinski definition) is 0. The van der Waals surface area contributed by atoms with Crippen LogP contribution < -0.4 is 0 Å². The normalized spacial score (nSPS) is 4.50. The zero-order valence-corrected chi connectivity index (χ0v) is 6.36. The quantitative estimate of drug-likeness (QED) is 0.512. The average Bonchev–Trinajstić information content (AvgIpc) is 0.811. The Labute approximate surface area is 82.2 Å². The van der Waals surface area contributed by atoms with Gasteiger partial charge in [-0.2, -0.15) is 0 Å². The van der Waals surface area contributed by atoms with Crippen LogP contribution in [-0.4, -0.2) is 40.9 Å². The Morgan fingerprint density at radius 3 is 1.00 bits per heavy atom. The second kappa shape index (κ2) is 10.6. The van der Waals surface area contributed by atoms with Crippen molar-refractivity contribution in [1.82, 2.24) is 0 Å². The molecule has 0 amide bonds. The summed E-state index contributed by atoms with van der Waals surface area (Å²) in [6, 6.07) is 0. The standard InChI is InChI=1S/Al.4ClH.Na.H/h;4*1H;;/q+3;;;;;;/p-3. The fraction of sp³-hybridized carbons (Fsp3) is 0. The van der Waals surface area contributed by atoms with Crippen molar-refractivity contribution >= 4 is 83.5 Å². The molecule has 0 saturated carbocycles. The summed E-state index contributed by atoms with van der Waals surface area (Å²) in [6.45, 7) is 0. The van der Waals surface area contributed by atoms with Crippen molar-refractivity contribution in [3.05, 3.63) is 0 Å². The van der Waals surface area contributed by atoms with E-state index in [-0.39, 0.29) is 42.0 Å². The van der Waals surface area contributed by atoms with Gasteiger partial charge in [-0.3, -0.25) is 0 Å². The molecule has 0 aliphatic rings. The average molecular weight is 194 g/mol. The van der Waals surface area contributed by atoms with E-state index in [2.05, 4.69) is 0 Å². The van der Waals surface area contributed by atoms with Crippen molar-refractivity contribution in [2.75, 3.05) is 0 Å². The number of hydrogen-bond donors (Lipinski definition) is 0. The van der Waals surface area contributed by atoms with Gasteiger partial charge in [0.1, 0.15) is 0 Å². The second-order valence-corrected chi connectivity index (χ2v) is 6.68. The third-order valence-corrected chi connectivity index (χ3v) is 0. The zero-order chi connectivity index (χ0) is 3.58. The van der Waals surface area contributed by atoms with Gasteiger partial charge in [0.2, 0.25) is 0 Å². The second-order valence-electron chi connectivity index (χ2n) is 0.247. The summed E-state index contributed by atoms with van der Waals surface area (Å²) in [5.74, 6) is 0. The molecule has 6 heavy (non-hydrogen) atoms. The Kier molecular flexibility index (Phi) is 28.1. The van der Waals surface area contributed by atoms with E-state index in [0.29, 0.717) is 0 Å². The molecular formula is H2AlCl4Na. The van der Waals surface area contributed by atoms with Crippen LogP contribution in [0.2, 0.25) is 0 Å². The van der Waals surface area contributed by atoms with Crippen molar-refractivity contribution < 1.29 is 0 Å². The van der Waals surface area contributed by atoms with Gasteiger partial charge in [-0.1, -0.05) is 0 Å². The molecule has 0 radical (unpaired) electrons. The van der Waals surface area contributed by atoms with Gasteiger partial charge in [-0.05, 0) is 0 Å². The van der Waals surface area contributed by atoms with E-state index in [0.717, 1.165) is 0 Å². The molecule has 0 nitrogen and oxygen atoms in total. The molecular weight excluding hydrogens is 192 g/mol. The Balaban J connectivity index is -0.0000000450. The Hall–Kier alpha value is 2.69. The third-order valence-electron chi connectivity index (χ3n) is 0. The molecule has 0 rings (SSSR count). The first-order valence-electron chi connectivity index (χ1n) is 0.655. The molecule has 0 unspecified atom stereocenters. The van der Waals surface area contributed by atoms with Crippen molar-refractivity contribution in [2.45, 2.75) is 0 Å². The Morgan fingerprint density at radius 1 is 1.00 bits per heavy atom. The predicted molar refractivity (Wildman–Crippen MR) is 37.7 cm³/mol. The first kappa shape index (κ1) is 15.9. The summed E-state index contributed by atoms with van der Waals surface area (Å²) >= 11 is -1.72. The zero-order valence-electron chi connectivity index (χ0n) is 2.12. The summed E-state index contributed by atoms with van der Waals surface area (Å²) in [5.41, 5.74) is 0. The van der Waals surface area contributed by atoms with E-state index < -0.39 is 11.4 Å². The van der Waals surface area contributed by atoms with E-state index in [9.17, 15) is 0 Å². The maximum atomic E-state index is 4.94. The Bertz CT molecular complexity index is 12.3. The monoisotopic (exact) mass is 192 g/mol. The van der Waals surface area contributed by atoms with Crippen molar-refractivity contribution in [1.29, 1.82) is 0 Å². The van der Waals surface area contributed by atoms with Gasteiger partial charge in [0, 0.05) is 0 Å². The van der Waals surface area contributed by atoms with E-state index in [1.165, 1.54) is 0 Å². The van der Waals surface area contributed by atoms with Gasteiger partial charge >= 0.3 is 40.9 Å². The van der Waals surface area contributed by atoms with Crippen LogP contribution in [0.4, 0.5) is 0 Å². The van der Waals surface area contributed by atoms with Crippen LogP contribution in [0.1, 0.15) is 0 Å². The molecule has 0 fully saturated rings. The molecule has 0 aromatic carbocycles. The minimum absolute atomic E-state index is 0. The molecule has 0 atom stereocenters. The SMILES string of the molecule is Cl.[Cl][Al]([Cl])[Cl].[NaH]. The molecule has 34 valence electrons. The third kappa shape index (κ3) is 29.9. The molecule has 0 aromatic rings. The van der Waals surface area contributed by atoms with Crippen molar-refractivity contribution in [2.24, 2.45) is 0 Å². The summed E-state index contributed by atoms with van der Waals surface area (Å²) in [5, 5.41) is 0. The van der Waals surface area contributed by atoms with Gasteiger partial charge in [0.05, 0.1) is 0 Å². The molecule has 0 N–H and O–H groups in total. The van der Waals surface area contributed by atoms with Gasteiger partial charge in [-0.25, -0.2) is 30.1 Å². The van der Waals surface area contributed by atoms with Crippen LogP contribution in [0.5, 0.6) is 0 Å². The van der Waals surface area contributed by atoms with Crippen molar-refractivity contribution in [3.8, 4) is 0 Å². The van der Waals surface area contributed by atoms with Crippen LogP contribution in [0, 0.1) is 0 Å². The fourth-order valence-corrected chi connectivity index (χ4v) is 0. The summed E-state index contributed by atoms with van der Waals surface area (Å²) in [4.78, 5) is 0. The maximum absolute atomic E-state index is 4.94. The van der Waals surface area contributed by atoms with E-state index in [1.54, 1.807) is 0 Å². The van der Waals surface area contributed by atoms with Crippen LogP contribution in [0.25, 0.3) is 0 Å². The molecule has 0 saturated heterocycles. The van der Waals surface area contributed by atoms with Crippen LogP contribution in [0.15, 0.2) is 0 Å². The fourth-order valence-electron chi connectivity index (χ4n) is 0. The number of rotatable bonds is 0. The first-order chi connectivity index (χ1) is 1.73. The van der Waals surface area contributed by atoms with Gasteiger partial charge in [0.25, 0.3) is 0 Å². The summed E-state index contributed by atoms with van der Waals surface area (Å²) in [7, 11) is 14.8. The molecule has 0 aromatic heterocycles. The van der Waals surface area contributed by atoms with E-state index >= 15 is 0 Å². The molecule has 0 spiro atoms. The van der Waals surface area contributed by atoms with Crippen LogP contribution in [-0.2, 0) is 0 Å². The van der Waals surface area contributed by atoms with Crippen LogP contribution in [0.3, 0.4) is 0 Å². The number of halogens is 4. The summed E-state index contributed by atoms with van der Waals surface area (Å²) < 4.78 is 0. The van der Waals surface area contributed by atoms with Crippen molar-refractivity contribution in [3.63, 3.8) is 0 Å². The van der Waals surface area contributed by atoms with Gasteiger partial charge in [-0.15, -0.1) is 12.4 Å². The molecule has 0 aliphatic heterocycles. The predicted octanol–water partition coefficient (Wildman–Crippen LogP) is 1.46. The molecule has 0 aliphatic carbocycles. The summed E-state index contributed by atoms with van der Waals surface area (Å²) in [6.07, 6.45) is 0.